The summed E-state index contributed by atoms with van der Waals surface area (Å²) in [5.74, 6) is -0.395. The van der Waals surface area contributed by atoms with Crippen LogP contribution in [0.5, 0.6) is 0 Å². The average Bonchev–Trinajstić information content (AvgIpc) is 2.25. The SMILES string of the molecule is CC(C)NN1C=CC(CCC(N)=O)=C[C@@H]1S(C)(=O)=O. The highest BCUT2D eigenvalue weighted by Crippen LogP contribution is 2.19. The van der Waals surface area contributed by atoms with Gasteiger partial charge < -0.3 is 5.73 Å². The van der Waals surface area contributed by atoms with Crippen LogP contribution in [0.25, 0.3) is 0 Å². The van der Waals surface area contributed by atoms with E-state index in [0.29, 0.717) is 6.42 Å². The molecular formula is C12H21N3O3S. The molecular weight excluding hydrogens is 266 g/mol. The third-order valence-corrected chi connectivity index (χ3v) is 3.83. The van der Waals surface area contributed by atoms with Gasteiger partial charge in [-0.25, -0.2) is 13.8 Å². The van der Waals surface area contributed by atoms with Crippen LogP contribution < -0.4 is 11.2 Å². The molecule has 0 spiro atoms. The number of primary amides is 1. The minimum absolute atomic E-state index is 0.120. The Morgan fingerprint density at radius 3 is 2.63 bits per heavy atom. The second-order valence-electron chi connectivity index (χ2n) is 4.93. The smallest absolute Gasteiger partial charge is 0.217 e. The molecule has 3 N–H and O–H groups in total. The topological polar surface area (TPSA) is 92.5 Å². The molecule has 0 aromatic heterocycles. The molecule has 1 aliphatic rings. The summed E-state index contributed by atoms with van der Waals surface area (Å²) >= 11 is 0. The fourth-order valence-corrected chi connectivity index (χ4v) is 2.72. The maximum absolute atomic E-state index is 11.8. The van der Waals surface area contributed by atoms with Gasteiger partial charge in [0, 0.05) is 24.9 Å². The number of hydrogen-bond acceptors (Lipinski definition) is 5. The fraction of sp³-hybridized carbons (Fsp3) is 0.583. The zero-order valence-electron chi connectivity index (χ0n) is 11.5. The Hall–Kier alpha value is -1.34. The number of allylic oxidation sites excluding steroid dienone is 2. The van der Waals surface area contributed by atoms with E-state index in [4.69, 9.17) is 5.73 Å². The van der Waals surface area contributed by atoms with Gasteiger partial charge in [-0.05, 0) is 38.0 Å². The zero-order valence-corrected chi connectivity index (χ0v) is 12.3. The van der Waals surface area contributed by atoms with Gasteiger partial charge in [0.25, 0.3) is 0 Å². The molecule has 1 aliphatic heterocycles. The Morgan fingerprint density at radius 2 is 2.16 bits per heavy atom. The summed E-state index contributed by atoms with van der Waals surface area (Å²) in [5.41, 5.74) is 8.95. The van der Waals surface area contributed by atoms with Crippen LogP contribution in [-0.4, -0.2) is 37.0 Å². The normalized spacial score (nSPS) is 19.7. The Kier molecular flexibility index (Phi) is 5.13. The largest absolute Gasteiger partial charge is 0.370 e. The number of nitrogens with zero attached hydrogens (tertiary/aromatic N) is 1. The predicted molar refractivity (Wildman–Crippen MR) is 74.4 cm³/mol. The fourth-order valence-electron chi connectivity index (χ4n) is 1.76. The molecule has 0 saturated heterocycles. The first-order chi connectivity index (χ1) is 8.70. The molecule has 1 amide bonds. The lowest BCUT2D eigenvalue weighted by Gasteiger charge is -2.32. The van der Waals surface area contributed by atoms with Crippen LogP contribution in [-0.2, 0) is 14.6 Å². The number of rotatable bonds is 6. The first-order valence-electron chi connectivity index (χ1n) is 6.10. The Bertz CT molecular complexity index is 494. The number of carbonyl (C=O) groups excluding carboxylic acids is 1. The average molecular weight is 287 g/mol. The second-order valence-corrected chi connectivity index (χ2v) is 7.08. The van der Waals surface area contributed by atoms with E-state index in [2.05, 4.69) is 5.43 Å². The van der Waals surface area contributed by atoms with E-state index >= 15 is 0 Å². The van der Waals surface area contributed by atoms with Crippen LogP contribution in [0.4, 0.5) is 0 Å². The van der Waals surface area contributed by atoms with Crippen molar-refractivity contribution in [3.63, 3.8) is 0 Å². The van der Waals surface area contributed by atoms with E-state index in [0.717, 1.165) is 5.57 Å². The van der Waals surface area contributed by atoms with Crippen LogP contribution in [0.3, 0.4) is 0 Å². The molecule has 19 heavy (non-hydrogen) atoms. The summed E-state index contributed by atoms with van der Waals surface area (Å²) in [6.07, 6.45) is 6.97. The summed E-state index contributed by atoms with van der Waals surface area (Å²) in [7, 11) is -3.27. The van der Waals surface area contributed by atoms with Gasteiger partial charge >= 0.3 is 0 Å². The minimum Gasteiger partial charge on any atom is -0.370 e. The van der Waals surface area contributed by atoms with Gasteiger partial charge in [0.2, 0.25) is 5.91 Å². The van der Waals surface area contributed by atoms with Gasteiger partial charge in [0.05, 0.1) is 0 Å². The van der Waals surface area contributed by atoms with Crippen molar-refractivity contribution >= 4 is 15.7 Å². The minimum atomic E-state index is -3.27. The van der Waals surface area contributed by atoms with Crippen molar-refractivity contribution in [1.29, 1.82) is 0 Å². The second kappa shape index (κ2) is 6.21. The summed E-state index contributed by atoms with van der Waals surface area (Å²) in [6, 6.07) is 0.120. The molecule has 1 atom stereocenters. The number of carbonyl (C=O) groups is 1. The van der Waals surface area contributed by atoms with Crippen molar-refractivity contribution in [1.82, 2.24) is 10.4 Å². The number of sulfone groups is 1. The predicted octanol–water partition coefficient (Wildman–Crippen LogP) is 0.291. The highest BCUT2D eigenvalue weighted by Gasteiger charge is 2.27. The van der Waals surface area contributed by atoms with E-state index < -0.39 is 21.1 Å². The Labute approximate surface area is 114 Å². The summed E-state index contributed by atoms with van der Waals surface area (Å²) in [6.45, 7) is 3.86. The summed E-state index contributed by atoms with van der Waals surface area (Å²) in [4.78, 5) is 10.8. The van der Waals surface area contributed by atoms with E-state index in [1.165, 1.54) is 6.26 Å². The number of hydrogen-bond donors (Lipinski definition) is 2. The van der Waals surface area contributed by atoms with Crippen molar-refractivity contribution in [2.75, 3.05) is 6.26 Å². The van der Waals surface area contributed by atoms with Crippen LogP contribution in [0, 0.1) is 0 Å². The monoisotopic (exact) mass is 287 g/mol. The Balaban J connectivity index is 2.88. The standard InChI is InChI=1S/C12H21N3O3S/c1-9(2)14-15-7-6-10(4-5-11(13)16)8-12(15)19(3,17)18/h6-9,12,14H,4-5H2,1-3H3,(H2,13,16)/t12-/m0/s1. The maximum Gasteiger partial charge on any atom is 0.217 e. The zero-order chi connectivity index (χ0) is 14.6. The Morgan fingerprint density at radius 1 is 1.53 bits per heavy atom. The lowest BCUT2D eigenvalue weighted by molar-refractivity contribution is -0.117. The number of nitrogens with two attached hydrogens (primary N) is 1. The molecule has 0 unspecified atom stereocenters. The number of nitrogens with one attached hydrogen (secondary N) is 1. The van der Waals surface area contributed by atoms with Crippen molar-refractivity contribution in [3.8, 4) is 0 Å². The van der Waals surface area contributed by atoms with Crippen LogP contribution in [0.2, 0.25) is 0 Å². The molecule has 7 heteroatoms. The molecule has 0 bridgehead atoms. The molecule has 1 rings (SSSR count). The van der Waals surface area contributed by atoms with Crippen LogP contribution in [0.1, 0.15) is 26.7 Å². The molecule has 6 nitrogen and oxygen atoms in total. The first-order valence-corrected chi connectivity index (χ1v) is 8.06. The van der Waals surface area contributed by atoms with Gasteiger partial charge in [-0.2, -0.15) is 0 Å². The molecule has 0 fully saturated rings. The third-order valence-electron chi connectivity index (χ3n) is 2.59. The van der Waals surface area contributed by atoms with E-state index in [9.17, 15) is 13.2 Å². The molecule has 1 heterocycles. The lowest BCUT2D eigenvalue weighted by Crippen LogP contribution is -2.48. The number of hydrazine groups is 1. The first kappa shape index (κ1) is 15.7. The van der Waals surface area contributed by atoms with Crippen molar-refractivity contribution in [2.24, 2.45) is 5.73 Å². The molecule has 0 aromatic rings. The van der Waals surface area contributed by atoms with E-state index in [1.807, 2.05) is 13.8 Å². The van der Waals surface area contributed by atoms with E-state index in [1.54, 1.807) is 23.4 Å². The van der Waals surface area contributed by atoms with Crippen LogP contribution in [0.15, 0.2) is 23.9 Å². The highest BCUT2D eigenvalue weighted by atomic mass is 32.2. The third kappa shape index (κ3) is 5.04. The van der Waals surface area contributed by atoms with Gasteiger partial charge in [-0.3, -0.25) is 9.80 Å². The van der Waals surface area contributed by atoms with Crippen molar-refractivity contribution < 1.29 is 13.2 Å². The highest BCUT2D eigenvalue weighted by molar-refractivity contribution is 7.91. The van der Waals surface area contributed by atoms with Gasteiger partial charge in [-0.15, -0.1) is 0 Å². The molecule has 108 valence electrons. The lowest BCUT2D eigenvalue weighted by atomic mass is 10.1. The maximum atomic E-state index is 11.8. The van der Waals surface area contributed by atoms with Crippen LogP contribution >= 0.6 is 0 Å². The quantitative estimate of drug-likeness (QED) is 0.732. The molecule has 0 saturated carbocycles. The van der Waals surface area contributed by atoms with Gasteiger partial charge in [0.1, 0.15) is 0 Å². The van der Waals surface area contributed by atoms with Crippen molar-refractivity contribution in [2.45, 2.75) is 38.1 Å². The molecule has 0 radical (unpaired) electrons. The van der Waals surface area contributed by atoms with Gasteiger partial charge in [-0.1, -0.05) is 0 Å². The van der Waals surface area contributed by atoms with Crippen molar-refractivity contribution in [3.05, 3.63) is 23.9 Å². The summed E-state index contributed by atoms with van der Waals surface area (Å²) < 4.78 is 23.6. The molecule has 0 aromatic carbocycles. The molecule has 0 aliphatic carbocycles. The number of amides is 1. The van der Waals surface area contributed by atoms with Gasteiger partial charge in [0.15, 0.2) is 15.2 Å². The van der Waals surface area contributed by atoms with E-state index in [-0.39, 0.29) is 12.5 Å². The summed E-state index contributed by atoms with van der Waals surface area (Å²) in [5, 5.41) is 0.802.